The van der Waals surface area contributed by atoms with Crippen molar-refractivity contribution in [2.45, 2.75) is 51.5 Å². The average molecular weight is 275 g/mol. The number of rotatable bonds is 6. The van der Waals surface area contributed by atoms with Gasteiger partial charge in [-0.05, 0) is 38.6 Å². The summed E-state index contributed by atoms with van der Waals surface area (Å²) >= 11 is 0. The zero-order valence-electron chi connectivity index (χ0n) is 12.6. The maximum Gasteiger partial charge on any atom is 0.216 e. The Bertz CT molecular complexity index is 445. The van der Waals surface area contributed by atoms with Crippen molar-refractivity contribution in [1.82, 2.24) is 15.3 Å². The van der Waals surface area contributed by atoms with Gasteiger partial charge in [0.2, 0.25) is 5.88 Å². The molecule has 1 aromatic rings. The molecule has 0 saturated heterocycles. The molecule has 0 fully saturated rings. The largest absolute Gasteiger partial charge is 0.481 e. The Balaban J connectivity index is 2.22. The lowest BCUT2D eigenvalue weighted by molar-refractivity contribution is 0.394. The van der Waals surface area contributed by atoms with Crippen molar-refractivity contribution in [3.8, 4) is 5.88 Å². The topological polar surface area (TPSA) is 47.0 Å². The molecule has 1 aliphatic carbocycles. The van der Waals surface area contributed by atoms with E-state index in [4.69, 9.17) is 4.74 Å². The molecule has 1 aliphatic rings. The van der Waals surface area contributed by atoms with Gasteiger partial charge in [0.15, 0.2) is 0 Å². The van der Waals surface area contributed by atoms with Gasteiger partial charge in [0, 0.05) is 6.07 Å². The number of nitrogens with zero attached hydrogens (tertiary/aromatic N) is 2. The van der Waals surface area contributed by atoms with E-state index >= 15 is 0 Å². The zero-order chi connectivity index (χ0) is 14.2. The number of ether oxygens (including phenoxy) is 1. The summed E-state index contributed by atoms with van der Waals surface area (Å²) in [6.07, 6.45) is 11.4. The van der Waals surface area contributed by atoms with Crippen LogP contribution in [0, 0.1) is 0 Å². The fraction of sp³-hybridized carbons (Fsp3) is 0.625. The highest BCUT2D eigenvalue weighted by Crippen LogP contribution is 2.29. The molecule has 1 aromatic heterocycles. The van der Waals surface area contributed by atoms with Gasteiger partial charge in [-0.3, -0.25) is 0 Å². The maximum absolute atomic E-state index is 5.22. The van der Waals surface area contributed by atoms with Crippen LogP contribution in [0.3, 0.4) is 0 Å². The zero-order valence-corrected chi connectivity index (χ0v) is 12.6. The summed E-state index contributed by atoms with van der Waals surface area (Å²) in [7, 11) is 1.64. The van der Waals surface area contributed by atoms with Gasteiger partial charge in [-0.1, -0.05) is 25.0 Å². The minimum Gasteiger partial charge on any atom is -0.481 e. The van der Waals surface area contributed by atoms with Crippen LogP contribution in [0.15, 0.2) is 24.0 Å². The average Bonchev–Trinajstić information content (AvgIpc) is 2.77. The van der Waals surface area contributed by atoms with Crippen LogP contribution in [0.2, 0.25) is 0 Å². The van der Waals surface area contributed by atoms with Gasteiger partial charge < -0.3 is 10.1 Å². The molecule has 1 N–H and O–H groups in total. The van der Waals surface area contributed by atoms with Crippen molar-refractivity contribution in [2.75, 3.05) is 13.7 Å². The number of hydrogen-bond acceptors (Lipinski definition) is 4. The van der Waals surface area contributed by atoms with Gasteiger partial charge in [0.1, 0.15) is 6.33 Å². The standard InChI is InChI=1S/C16H25N3O/c1-3-10-17-16(13-8-6-4-5-7-9-13)14-11-15(20-2)19-12-18-14/h8,11-12,16-17H,3-7,9-10H2,1-2H3. The van der Waals surface area contributed by atoms with Gasteiger partial charge >= 0.3 is 0 Å². The van der Waals surface area contributed by atoms with E-state index < -0.39 is 0 Å². The Hall–Kier alpha value is -1.42. The molecule has 0 spiro atoms. The number of methoxy groups -OCH3 is 1. The van der Waals surface area contributed by atoms with Crippen LogP contribution in [-0.2, 0) is 0 Å². The lowest BCUT2D eigenvalue weighted by Crippen LogP contribution is -2.25. The predicted molar refractivity (Wildman–Crippen MR) is 80.8 cm³/mol. The summed E-state index contributed by atoms with van der Waals surface area (Å²) in [6.45, 7) is 3.18. The fourth-order valence-corrected chi connectivity index (χ4v) is 2.64. The minimum absolute atomic E-state index is 0.199. The Morgan fingerprint density at radius 2 is 2.20 bits per heavy atom. The van der Waals surface area contributed by atoms with Crippen LogP contribution in [0.25, 0.3) is 0 Å². The lowest BCUT2D eigenvalue weighted by Gasteiger charge is -2.21. The number of hydrogen-bond donors (Lipinski definition) is 1. The first-order valence-electron chi connectivity index (χ1n) is 7.63. The number of aromatic nitrogens is 2. The van der Waals surface area contributed by atoms with Crippen molar-refractivity contribution in [1.29, 1.82) is 0 Å². The van der Waals surface area contributed by atoms with E-state index in [1.54, 1.807) is 13.4 Å². The molecule has 2 rings (SSSR count). The van der Waals surface area contributed by atoms with E-state index in [1.807, 2.05) is 6.07 Å². The van der Waals surface area contributed by atoms with Crippen LogP contribution < -0.4 is 10.1 Å². The van der Waals surface area contributed by atoms with Crippen molar-refractivity contribution < 1.29 is 4.74 Å². The summed E-state index contributed by atoms with van der Waals surface area (Å²) in [6, 6.07) is 2.14. The van der Waals surface area contributed by atoms with Crippen LogP contribution in [0.4, 0.5) is 0 Å². The van der Waals surface area contributed by atoms with E-state index in [-0.39, 0.29) is 6.04 Å². The van der Waals surface area contributed by atoms with Crippen molar-refractivity contribution >= 4 is 0 Å². The van der Waals surface area contributed by atoms with E-state index in [0.717, 1.165) is 25.1 Å². The summed E-state index contributed by atoms with van der Waals surface area (Å²) in [5, 5.41) is 3.62. The minimum atomic E-state index is 0.199. The molecule has 0 bridgehead atoms. The second kappa shape index (κ2) is 8.00. The molecule has 0 aliphatic heterocycles. The molecule has 0 radical (unpaired) electrons. The summed E-state index contributed by atoms with van der Waals surface area (Å²) in [4.78, 5) is 8.56. The molecule has 1 unspecified atom stereocenters. The summed E-state index contributed by atoms with van der Waals surface area (Å²) < 4.78 is 5.22. The fourth-order valence-electron chi connectivity index (χ4n) is 2.64. The number of allylic oxidation sites excluding steroid dienone is 1. The molecule has 1 heterocycles. The van der Waals surface area contributed by atoms with Crippen LogP contribution >= 0.6 is 0 Å². The normalized spacial score (nSPS) is 17.2. The molecule has 0 amide bonds. The molecule has 4 nitrogen and oxygen atoms in total. The monoisotopic (exact) mass is 275 g/mol. The highest BCUT2D eigenvalue weighted by Gasteiger charge is 2.19. The van der Waals surface area contributed by atoms with E-state index in [1.165, 1.54) is 31.3 Å². The summed E-state index contributed by atoms with van der Waals surface area (Å²) in [5.41, 5.74) is 2.48. The van der Waals surface area contributed by atoms with Crippen molar-refractivity contribution in [3.63, 3.8) is 0 Å². The van der Waals surface area contributed by atoms with Gasteiger partial charge in [0.25, 0.3) is 0 Å². The van der Waals surface area contributed by atoms with Crippen LogP contribution in [0.5, 0.6) is 5.88 Å². The van der Waals surface area contributed by atoms with Crippen LogP contribution in [0.1, 0.15) is 57.2 Å². The smallest absolute Gasteiger partial charge is 0.216 e. The molecule has 1 atom stereocenters. The van der Waals surface area contributed by atoms with Gasteiger partial charge in [0.05, 0.1) is 18.8 Å². The Labute approximate surface area is 121 Å². The van der Waals surface area contributed by atoms with E-state index in [0.29, 0.717) is 5.88 Å². The molecule has 110 valence electrons. The van der Waals surface area contributed by atoms with Crippen LogP contribution in [-0.4, -0.2) is 23.6 Å². The third-order valence-electron chi connectivity index (χ3n) is 3.71. The molecule has 4 heteroatoms. The molecule has 20 heavy (non-hydrogen) atoms. The second-order valence-electron chi connectivity index (χ2n) is 5.25. The Kier molecular flexibility index (Phi) is 5.99. The van der Waals surface area contributed by atoms with Gasteiger partial charge in [-0.15, -0.1) is 0 Å². The second-order valence-corrected chi connectivity index (χ2v) is 5.25. The van der Waals surface area contributed by atoms with Gasteiger partial charge in [-0.2, -0.15) is 0 Å². The van der Waals surface area contributed by atoms with Crippen molar-refractivity contribution in [3.05, 3.63) is 29.7 Å². The van der Waals surface area contributed by atoms with E-state index in [9.17, 15) is 0 Å². The molecule has 0 aromatic carbocycles. The quantitative estimate of drug-likeness (QED) is 0.808. The summed E-state index contributed by atoms with van der Waals surface area (Å²) in [5.74, 6) is 0.632. The molecular weight excluding hydrogens is 250 g/mol. The molecular formula is C16H25N3O. The third-order valence-corrected chi connectivity index (χ3v) is 3.71. The molecule has 0 saturated carbocycles. The highest BCUT2D eigenvalue weighted by molar-refractivity contribution is 5.26. The highest BCUT2D eigenvalue weighted by atomic mass is 16.5. The van der Waals surface area contributed by atoms with Crippen molar-refractivity contribution in [2.24, 2.45) is 0 Å². The Morgan fingerprint density at radius 3 is 3.00 bits per heavy atom. The SMILES string of the molecule is CCCNC(C1=CCCCCC1)c1cc(OC)ncn1. The number of nitrogens with one attached hydrogen (secondary N) is 1. The van der Waals surface area contributed by atoms with E-state index in [2.05, 4.69) is 28.3 Å². The lowest BCUT2D eigenvalue weighted by atomic mass is 9.98. The first kappa shape index (κ1) is 15.0. The first-order valence-corrected chi connectivity index (χ1v) is 7.63. The van der Waals surface area contributed by atoms with Gasteiger partial charge in [-0.25, -0.2) is 9.97 Å². The first-order chi connectivity index (χ1) is 9.85. The predicted octanol–water partition coefficient (Wildman–Crippen LogP) is 3.42. The third kappa shape index (κ3) is 4.04. The maximum atomic E-state index is 5.22. The Morgan fingerprint density at radius 1 is 1.30 bits per heavy atom.